The SMILES string of the molecule is O=CC(=O)NN[C@@H](CSCC(=O)O)C(=O)O. The zero-order valence-electron chi connectivity index (χ0n) is 8.00. The Hall–Kier alpha value is -1.61. The Morgan fingerprint density at radius 3 is 2.38 bits per heavy atom. The Bertz CT molecular complexity index is 295. The maximum absolute atomic E-state index is 10.6. The van der Waals surface area contributed by atoms with Crippen molar-refractivity contribution in [3.8, 4) is 0 Å². The molecule has 0 spiro atoms. The van der Waals surface area contributed by atoms with E-state index in [0.29, 0.717) is 0 Å². The summed E-state index contributed by atoms with van der Waals surface area (Å²) >= 11 is 0.875. The minimum absolute atomic E-state index is 0.0176. The summed E-state index contributed by atoms with van der Waals surface area (Å²) in [6.07, 6.45) is -0.0176. The highest BCUT2D eigenvalue weighted by molar-refractivity contribution is 8.00. The van der Waals surface area contributed by atoms with E-state index in [1.165, 1.54) is 0 Å². The van der Waals surface area contributed by atoms with Gasteiger partial charge >= 0.3 is 11.9 Å². The highest BCUT2D eigenvalue weighted by Gasteiger charge is 2.18. The van der Waals surface area contributed by atoms with Gasteiger partial charge in [-0.2, -0.15) is 0 Å². The topological polar surface area (TPSA) is 133 Å². The molecule has 0 aliphatic rings. The van der Waals surface area contributed by atoms with Crippen molar-refractivity contribution in [3.05, 3.63) is 0 Å². The van der Waals surface area contributed by atoms with Crippen LogP contribution in [0.4, 0.5) is 0 Å². The van der Waals surface area contributed by atoms with Crippen LogP contribution in [0.3, 0.4) is 0 Å². The number of aldehydes is 1. The number of carbonyl (C=O) groups is 4. The highest BCUT2D eigenvalue weighted by Crippen LogP contribution is 2.02. The summed E-state index contributed by atoms with van der Waals surface area (Å²) in [6.45, 7) is 0. The first-order chi connectivity index (χ1) is 7.47. The standard InChI is InChI=1S/C7H10N2O6S/c10-1-5(11)9-8-4(7(14)15)2-16-3-6(12)13/h1,4,8H,2-3H2,(H,9,11)(H,12,13)(H,14,15)/t4-/m0/s1. The van der Waals surface area contributed by atoms with E-state index < -0.39 is 23.9 Å². The fraction of sp³-hybridized carbons (Fsp3) is 0.429. The van der Waals surface area contributed by atoms with Crippen molar-refractivity contribution in [1.29, 1.82) is 0 Å². The third-order valence-electron chi connectivity index (χ3n) is 1.28. The molecule has 0 fully saturated rings. The highest BCUT2D eigenvalue weighted by atomic mass is 32.2. The molecule has 0 heterocycles. The minimum atomic E-state index is -1.26. The Kier molecular flexibility index (Phi) is 6.88. The molecule has 0 rings (SSSR count). The number of carboxylic acid groups (broad SMARTS) is 2. The van der Waals surface area contributed by atoms with E-state index in [-0.39, 0.29) is 17.8 Å². The van der Waals surface area contributed by atoms with Gasteiger partial charge in [-0.1, -0.05) is 0 Å². The lowest BCUT2D eigenvalue weighted by atomic mass is 10.4. The van der Waals surface area contributed by atoms with Gasteiger partial charge in [0.05, 0.1) is 5.75 Å². The zero-order valence-corrected chi connectivity index (χ0v) is 8.82. The van der Waals surface area contributed by atoms with E-state index in [9.17, 15) is 19.2 Å². The van der Waals surface area contributed by atoms with Gasteiger partial charge in [0.15, 0.2) is 0 Å². The summed E-state index contributed by atoms with van der Waals surface area (Å²) in [5.41, 5.74) is 3.95. The lowest BCUT2D eigenvalue weighted by Crippen LogP contribution is -2.49. The Balaban J connectivity index is 3.98. The number of hydrogen-bond acceptors (Lipinski definition) is 6. The van der Waals surface area contributed by atoms with Crippen LogP contribution in [0.25, 0.3) is 0 Å². The van der Waals surface area contributed by atoms with E-state index in [1.54, 1.807) is 0 Å². The van der Waals surface area contributed by atoms with Gasteiger partial charge in [-0.25, -0.2) is 5.43 Å². The number of carboxylic acids is 2. The maximum atomic E-state index is 10.6. The molecule has 0 aromatic heterocycles. The van der Waals surface area contributed by atoms with Gasteiger partial charge in [-0.15, -0.1) is 11.8 Å². The predicted molar refractivity (Wildman–Crippen MR) is 53.7 cm³/mol. The number of hydrogen-bond donors (Lipinski definition) is 4. The van der Waals surface area contributed by atoms with Gasteiger partial charge in [0, 0.05) is 5.75 Å². The molecule has 0 saturated carbocycles. The van der Waals surface area contributed by atoms with Crippen molar-refractivity contribution in [2.75, 3.05) is 11.5 Å². The lowest BCUT2D eigenvalue weighted by Gasteiger charge is -2.12. The molecule has 0 unspecified atom stereocenters. The van der Waals surface area contributed by atoms with Crippen molar-refractivity contribution < 1.29 is 29.4 Å². The second-order valence-corrected chi connectivity index (χ2v) is 3.58. The molecule has 90 valence electrons. The molecule has 0 aliphatic carbocycles. The van der Waals surface area contributed by atoms with Crippen molar-refractivity contribution in [3.63, 3.8) is 0 Å². The number of thioether (sulfide) groups is 1. The number of carbonyl (C=O) groups excluding carboxylic acids is 2. The summed E-state index contributed by atoms with van der Waals surface area (Å²) in [5, 5.41) is 17.0. The van der Waals surface area contributed by atoms with Crippen LogP contribution in [-0.4, -0.2) is 51.9 Å². The van der Waals surface area contributed by atoms with Crippen LogP contribution in [0.2, 0.25) is 0 Å². The molecule has 0 aromatic carbocycles. The molecule has 4 N–H and O–H groups in total. The second kappa shape index (κ2) is 7.65. The first-order valence-electron chi connectivity index (χ1n) is 4.00. The molecule has 9 heteroatoms. The molecule has 0 bridgehead atoms. The number of amides is 1. The van der Waals surface area contributed by atoms with Gasteiger partial charge in [0.25, 0.3) is 5.91 Å². The average Bonchev–Trinajstić information content (AvgIpc) is 2.21. The van der Waals surface area contributed by atoms with Crippen LogP contribution in [0.5, 0.6) is 0 Å². The third kappa shape index (κ3) is 6.79. The molecule has 1 amide bonds. The van der Waals surface area contributed by atoms with Crippen LogP contribution in [-0.2, 0) is 19.2 Å². The summed E-state index contributed by atoms with van der Waals surface area (Å²) in [5.74, 6) is -3.63. The van der Waals surface area contributed by atoms with Crippen LogP contribution < -0.4 is 10.9 Å². The Morgan fingerprint density at radius 1 is 1.31 bits per heavy atom. The molecule has 16 heavy (non-hydrogen) atoms. The van der Waals surface area contributed by atoms with Crippen molar-refractivity contribution in [2.24, 2.45) is 0 Å². The van der Waals surface area contributed by atoms with Gasteiger partial charge in [-0.05, 0) is 0 Å². The predicted octanol–water partition coefficient (Wildman–Crippen LogP) is -1.92. The molecular formula is C7H10N2O6S. The van der Waals surface area contributed by atoms with Crippen LogP contribution in [0.1, 0.15) is 0 Å². The summed E-state index contributed by atoms with van der Waals surface area (Å²) in [6, 6.07) is -1.16. The van der Waals surface area contributed by atoms with Gasteiger partial charge in [0.2, 0.25) is 6.29 Å². The molecule has 1 atom stereocenters. The van der Waals surface area contributed by atoms with E-state index in [2.05, 4.69) is 5.43 Å². The van der Waals surface area contributed by atoms with Crippen molar-refractivity contribution >= 4 is 35.9 Å². The Labute approximate surface area is 94.4 Å². The molecule has 0 aliphatic heterocycles. The number of rotatable bonds is 8. The van der Waals surface area contributed by atoms with Crippen LogP contribution in [0, 0.1) is 0 Å². The second-order valence-electron chi connectivity index (χ2n) is 2.55. The van der Waals surface area contributed by atoms with Crippen LogP contribution in [0.15, 0.2) is 0 Å². The average molecular weight is 250 g/mol. The molecule has 0 radical (unpaired) electrons. The van der Waals surface area contributed by atoms with Gasteiger partial charge in [-0.3, -0.25) is 24.6 Å². The third-order valence-corrected chi connectivity index (χ3v) is 2.30. The number of hydrazine groups is 1. The fourth-order valence-electron chi connectivity index (χ4n) is 0.626. The molecule has 0 aromatic rings. The summed E-state index contributed by atoms with van der Waals surface area (Å²) in [7, 11) is 0. The molecule has 0 saturated heterocycles. The maximum Gasteiger partial charge on any atom is 0.323 e. The minimum Gasteiger partial charge on any atom is -0.481 e. The first-order valence-corrected chi connectivity index (χ1v) is 5.16. The van der Waals surface area contributed by atoms with E-state index in [0.717, 1.165) is 11.8 Å². The smallest absolute Gasteiger partial charge is 0.323 e. The van der Waals surface area contributed by atoms with Crippen molar-refractivity contribution in [1.82, 2.24) is 10.9 Å². The van der Waals surface area contributed by atoms with E-state index >= 15 is 0 Å². The van der Waals surface area contributed by atoms with Gasteiger partial charge in [0.1, 0.15) is 6.04 Å². The normalized spacial score (nSPS) is 11.5. The van der Waals surface area contributed by atoms with Gasteiger partial charge < -0.3 is 10.2 Å². The number of aliphatic carboxylic acids is 2. The monoisotopic (exact) mass is 250 g/mol. The largest absolute Gasteiger partial charge is 0.481 e. The fourth-order valence-corrected chi connectivity index (χ4v) is 1.38. The summed E-state index contributed by atoms with van der Waals surface area (Å²) < 4.78 is 0. The van der Waals surface area contributed by atoms with Crippen LogP contribution >= 0.6 is 11.8 Å². The van der Waals surface area contributed by atoms with E-state index in [4.69, 9.17) is 10.2 Å². The first kappa shape index (κ1) is 14.4. The molecular weight excluding hydrogens is 240 g/mol. The lowest BCUT2D eigenvalue weighted by molar-refractivity contribution is -0.140. The Morgan fingerprint density at radius 2 is 1.94 bits per heavy atom. The zero-order chi connectivity index (χ0) is 12.6. The quantitative estimate of drug-likeness (QED) is 0.222. The van der Waals surface area contributed by atoms with Crippen molar-refractivity contribution in [2.45, 2.75) is 6.04 Å². The van der Waals surface area contributed by atoms with E-state index in [1.807, 2.05) is 5.43 Å². The summed E-state index contributed by atoms with van der Waals surface area (Å²) in [4.78, 5) is 41.2. The molecule has 8 nitrogen and oxygen atoms in total. The number of nitrogens with one attached hydrogen (secondary N) is 2.